The summed E-state index contributed by atoms with van der Waals surface area (Å²) in [6, 6.07) is 9.28. The first-order chi connectivity index (χ1) is 18.2. The van der Waals surface area contributed by atoms with E-state index in [4.69, 9.17) is 9.47 Å². The molecule has 0 bridgehead atoms. The summed E-state index contributed by atoms with van der Waals surface area (Å²) in [5.74, 6) is -3.75. The number of carboxylic acid groups (broad SMARTS) is 2. The van der Waals surface area contributed by atoms with Crippen molar-refractivity contribution in [1.82, 2.24) is 10.2 Å². The number of carbonyl (C=O) groups excluding carboxylic acids is 2. The second-order valence-electron chi connectivity index (χ2n) is 13.2. The number of nitrogens with zero attached hydrogens (tertiary/aromatic N) is 1. The Morgan fingerprint density at radius 3 is 1.82 bits per heavy atom. The molecular weight excluding hydrogens is 516 g/mol. The molecule has 1 rings (SSSR count). The van der Waals surface area contributed by atoms with Gasteiger partial charge in [0.2, 0.25) is 0 Å². The van der Waals surface area contributed by atoms with Crippen molar-refractivity contribution >= 4 is 24.0 Å². The Kier molecular flexibility index (Phi) is 12.2. The lowest BCUT2D eigenvalue weighted by molar-refractivity contribution is -0.195. The smallest absolute Gasteiger partial charge is 0.407 e. The van der Waals surface area contributed by atoms with Crippen molar-refractivity contribution < 1.29 is 38.9 Å². The normalized spacial score (nSPS) is 14.7. The summed E-state index contributed by atoms with van der Waals surface area (Å²) in [6.07, 6.45) is 0.217. The standard InChI is InChI=1S/C30H48N2O8/c1-27(2,3)22(16-13-17-31-26(38)39-20-21-14-11-10-12-15-21)30(28(4,5)6,25(37)40-29(7,8)9)32(18-23(33)34)19-24(35)36/h10-12,14-15,22H,13,16-20H2,1-9H3,(H,31,38)(H,33,34)(H,35,36). The summed E-state index contributed by atoms with van der Waals surface area (Å²) in [5, 5.41) is 22.3. The molecular formula is C30H48N2O8. The molecule has 3 N–H and O–H groups in total. The maximum atomic E-state index is 14.2. The molecule has 0 aliphatic rings. The molecule has 1 aromatic rings. The molecule has 10 heteroatoms. The minimum atomic E-state index is -1.64. The van der Waals surface area contributed by atoms with Gasteiger partial charge in [-0.15, -0.1) is 0 Å². The van der Waals surface area contributed by atoms with Crippen LogP contribution in [0, 0.1) is 16.7 Å². The first-order valence-corrected chi connectivity index (χ1v) is 13.6. The van der Waals surface area contributed by atoms with E-state index < -0.39 is 65.0 Å². The molecule has 1 aromatic carbocycles. The molecule has 0 spiro atoms. The molecule has 0 aromatic heterocycles. The number of ether oxygens (including phenoxy) is 2. The van der Waals surface area contributed by atoms with E-state index in [9.17, 15) is 29.4 Å². The molecule has 2 atom stereocenters. The lowest BCUT2D eigenvalue weighted by atomic mass is 9.56. The zero-order valence-corrected chi connectivity index (χ0v) is 25.5. The van der Waals surface area contributed by atoms with Gasteiger partial charge < -0.3 is 25.0 Å². The Morgan fingerprint density at radius 1 is 0.875 bits per heavy atom. The van der Waals surface area contributed by atoms with Gasteiger partial charge in [-0.1, -0.05) is 71.9 Å². The zero-order chi connectivity index (χ0) is 30.9. The van der Waals surface area contributed by atoms with Crippen LogP contribution in [0.5, 0.6) is 0 Å². The molecule has 0 saturated heterocycles. The van der Waals surface area contributed by atoms with Gasteiger partial charge in [0.05, 0.1) is 13.1 Å². The van der Waals surface area contributed by atoms with Gasteiger partial charge in [-0.3, -0.25) is 14.5 Å². The second kappa shape index (κ2) is 14.0. The molecule has 1 amide bonds. The highest BCUT2D eigenvalue weighted by molar-refractivity contribution is 5.85. The van der Waals surface area contributed by atoms with E-state index in [0.29, 0.717) is 12.8 Å². The fraction of sp³-hybridized carbons (Fsp3) is 0.667. The molecule has 0 saturated carbocycles. The van der Waals surface area contributed by atoms with Crippen LogP contribution in [-0.2, 0) is 30.5 Å². The molecule has 2 unspecified atom stereocenters. The lowest BCUT2D eigenvalue weighted by Gasteiger charge is -2.57. The van der Waals surface area contributed by atoms with Gasteiger partial charge in [0.25, 0.3) is 0 Å². The van der Waals surface area contributed by atoms with Crippen LogP contribution in [0.3, 0.4) is 0 Å². The predicted molar refractivity (Wildman–Crippen MR) is 152 cm³/mol. The number of benzene rings is 1. The van der Waals surface area contributed by atoms with Crippen LogP contribution in [0.25, 0.3) is 0 Å². The largest absolute Gasteiger partial charge is 0.480 e. The van der Waals surface area contributed by atoms with Crippen LogP contribution in [0.1, 0.15) is 80.7 Å². The topological polar surface area (TPSA) is 142 Å². The fourth-order valence-electron chi connectivity index (χ4n) is 5.32. The van der Waals surface area contributed by atoms with Gasteiger partial charge in [-0.2, -0.15) is 0 Å². The molecule has 0 heterocycles. The van der Waals surface area contributed by atoms with Gasteiger partial charge in [0.1, 0.15) is 17.7 Å². The number of hydrogen-bond acceptors (Lipinski definition) is 7. The van der Waals surface area contributed by atoms with Gasteiger partial charge >= 0.3 is 24.0 Å². The van der Waals surface area contributed by atoms with Crippen molar-refractivity contribution in [3.63, 3.8) is 0 Å². The van der Waals surface area contributed by atoms with Crippen molar-refractivity contribution in [2.45, 2.75) is 92.9 Å². The summed E-state index contributed by atoms with van der Waals surface area (Å²) >= 11 is 0. The Bertz CT molecular complexity index is 989. The van der Waals surface area contributed by atoms with E-state index in [1.165, 1.54) is 4.90 Å². The van der Waals surface area contributed by atoms with E-state index >= 15 is 0 Å². The first-order valence-electron chi connectivity index (χ1n) is 13.6. The van der Waals surface area contributed by atoms with Crippen molar-refractivity contribution in [3.05, 3.63) is 35.9 Å². The highest BCUT2D eigenvalue weighted by Crippen LogP contribution is 2.51. The van der Waals surface area contributed by atoms with E-state index in [2.05, 4.69) is 5.32 Å². The van der Waals surface area contributed by atoms with Crippen LogP contribution < -0.4 is 5.32 Å². The summed E-state index contributed by atoms with van der Waals surface area (Å²) in [7, 11) is 0. The maximum absolute atomic E-state index is 14.2. The fourth-order valence-corrected chi connectivity index (χ4v) is 5.32. The first kappa shape index (κ1) is 34.9. The van der Waals surface area contributed by atoms with Crippen molar-refractivity contribution in [1.29, 1.82) is 0 Å². The lowest BCUT2D eigenvalue weighted by Crippen LogP contribution is -2.71. The van der Waals surface area contributed by atoms with Crippen LogP contribution in [0.2, 0.25) is 0 Å². The number of carboxylic acids is 2. The van der Waals surface area contributed by atoms with Crippen molar-refractivity contribution in [2.75, 3.05) is 19.6 Å². The molecule has 0 aliphatic heterocycles. The minimum Gasteiger partial charge on any atom is -0.480 e. The summed E-state index contributed by atoms with van der Waals surface area (Å²) in [6.45, 7) is 15.4. The van der Waals surface area contributed by atoms with Crippen molar-refractivity contribution in [2.24, 2.45) is 16.7 Å². The third-order valence-electron chi connectivity index (χ3n) is 6.71. The molecule has 10 nitrogen and oxygen atoms in total. The van der Waals surface area contributed by atoms with Gasteiger partial charge in [0.15, 0.2) is 0 Å². The summed E-state index contributed by atoms with van der Waals surface area (Å²) < 4.78 is 11.2. The van der Waals surface area contributed by atoms with Crippen LogP contribution in [0.4, 0.5) is 4.79 Å². The van der Waals surface area contributed by atoms with E-state index in [1.54, 1.807) is 41.5 Å². The number of carbonyl (C=O) groups is 4. The Labute approximate surface area is 238 Å². The van der Waals surface area contributed by atoms with E-state index in [-0.39, 0.29) is 13.2 Å². The number of rotatable bonds is 13. The highest BCUT2D eigenvalue weighted by Gasteiger charge is 2.62. The highest BCUT2D eigenvalue weighted by atomic mass is 16.6. The Balaban J connectivity index is 3.40. The van der Waals surface area contributed by atoms with E-state index in [0.717, 1.165) is 5.56 Å². The number of esters is 1. The summed E-state index contributed by atoms with van der Waals surface area (Å²) in [4.78, 5) is 51.8. The number of aliphatic carboxylic acids is 2. The molecule has 0 radical (unpaired) electrons. The van der Waals surface area contributed by atoms with E-state index in [1.807, 2.05) is 51.1 Å². The average molecular weight is 565 g/mol. The number of amides is 1. The van der Waals surface area contributed by atoms with Crippen LogP contribution in [-0.4, -0.2) is 69.9 Å². The van der Waals surface area contributed by atoms with Crippen LogP contribution >= 0.6 is 0 Å². The Morgan fingerprint density at radius 2 is 1.40 bits per heavy atom. The number of alkyl carbamates (subject to hydrolysis) is 1. The van der Waals surface area contributed by atoms with Gasteiger partial charge in [-0.05, 0) is 55.9 Å². The number of hydrogen-bond donors (Lipinski definition) is 3. The molecule has 0 aliphatic carbocycles. The SMILES string of the molecule is CC(C)(C)OC(=O)C(C(CCCNC(=O)OCc1ccccc1)C(C)(C)C)(N(CC(=O)O)CC(=O)O)C(C)(C)C. The quantitative estimate of drug-likeness (QED) is 0.224. The molecule has 0 fully saturated rings. The third-order valence-corrected chi connectivity index (χ3v) is 6.71. The average Bonchev–Trinajstić information content (AvgIpc) is 2.76. The molecule has 40 heavy (non-hydrogen) atoms. The zero-order valence-electron chi connectivity index (χ0n) is 25.5. The monoisotopic (exact) mass is 564 g/mol. The van der Waals surface area contributed by atoms with Gasteiger partial charge in [0, 0.05) is 6.54 Å². The van der Waals surface area contributed by atoms with Crippen LogP contribution in [0.15, 0.2) is 30.3 Å². The van der Waals surface area contributed by atoms with Gasteiger partial charge in [-0.25, -0.2) is 9.59 Å². The minimum absolute atomic E-state index is 0.127. The number of nitrogens with one attached hydrogen (secondary N) is 1. The Hall–Kier alpha value is -3.14. The molecule has 226 valence electrons. The third kappa shape index (κ3) is 10.1. The maximum Gasteiger partial charge on any atom is 0.407 e. The predicted octanol–water partition coefficient (Wildman–Crippen LogP) is 4.95. The second-order valence-corrected chi connectivity index (χ2v) is 13.2. The summed E-state index contributed by atoms with van der Waals surface area (Å²) in [5.41, 5.74) is -3.22. The van der Waals surface area contributed by atoms with Crippen molar-refractivity contribution in [3.8, 4) is 0 Å².